The van der Waals surface area contributed by atoms with Crippen molar-refractivity contribution < 1.29 is 90.4 Å². The van der Waals surface area contributed by atoms with E-state index in [2.05, 4.69) is 40.3 Å². The van der Waals surface area contributed by atoms with Gasteiger partial charge in [0, 0.05) is 56.2 Å². The number of carbonyl (C=O) groups is 5. The molecule has 1 aliphatic heterocycles. The van der Waals surface area contributed by atoms with Crippen molar-refractivity contribution in [1.29, 1.82) is 0 Å². The van der Waals surface area contributed by atoms with Crippen molar-refractivity contribution in [3.05, 3.63) is 22.1 Å². The number of phosphoric acid groups is 3. The highest BCUT2D eigenvalue weighted by atomic mass is 33.1. The largest absolute Gasteiger partial charge is 0.490 e. The topological polar surface area (TPSA) is 430 Å². The Morgan fingerprint density at radius 1 is 1.00 bits per heavy atom. The minimum absolute atomic E-state index is 0.00432. The van der Waals surface area contributed by atoms with Crippen LogP contribution in [-0.4, -0.2) is 121 Å². The molecule has 0 spiro atoms. The van der Waals surface area contributed by atoms with Gasteiger partial charge < -0.3 is 61.0 Å². The van der Waals surface area contributed by atoms with Gasteiger partial charge in [0.2, 0.25) is 11.9 Å². The zero-order chi connectivity index (χ0) is 47.1. The smallest absolute Gasteiger partial charge is 0.481 e. The molecule has 31 heteroatoms. The van der Waals surface area contributed by atoms with Gasteiger partial charge in [-0.25, -0.2) is 18.5 Å². The molecule has 2 aromatic heterocycles. The van der Waals surface area contributed by atoms with Crippen LogP contribution in [0, 0.1) is 11.8 Å². The number of nitrogens with two attached hydrogens (primary N) is 2. The van der Waals surface area contributed by atoms with Crippen molar-refractivity contribution in [2.45, 2.75) is 101 Å². The van der Waals surface area contributed by atoms with Crippen molar-refractivity contribution in [2.75, 3.05) is 23.8 Å². The van der Waals surface area contributed by atoms with Crippen LogP contribution in [0.2, 0.25) is 0 Å². The lowest BCUT2D eigenvalue weighted by Crippen LogP contribution is -2.42. The second-order valence-electron chi connectivity index (χ2n) is 13.7. The van der Waals surface area contributed by atoms with Gasteiger partial charge in [-0.05, 0) is 12.8 Å². The monoisotopic (exact) mass is 992 g/mol. The predicted octanol–water partition coefficient (Wildman–Crippen LogP) is 1.05. The molecule has 7 atom stereocenters. The van der Waals surface area contributed by atoms with E-state index in [-0.39, 0.29) is 72.6 Å². The van der Waals surface area contributed by atoms with E-state index in [0.29, 0.717) is 37.2 Å². The number of aliphatic hydroxyl groups excluding tert-OH is 1. The molecule has 0 bridgehead atoms. The van der Waals surface area contributed by atoms with Crippen molar-refractivity contribution in [1.82, 2.24) is 19.9 Å². The fourth-order valence-electron chi connectivity index (χ4n) is 5.67. The number of fused-ring (bicyclic) bond motifs is 1. The first-order valence-electron chi connectivity index (χ1n) is 18.7. The summed E-state index contributed by atoms with van der Waals surface area (Å²) in [5.41, 5.74) is 11.2. The van der Waals surface area contributed by atoms with E-state index in [1.807, 2.05) is 0 Å². The summed E-state index contributed by atoms with van der Waals surface area (Å²) in [4.78, 5) is 114. The number of carbonyl (C=O) groups excluding carboxylic acids is 3. The van der Waals surface area contributed by atoms with Gasteiger partial charge in [0.25, 0.3) is 5.56 Å². The molecule has 26 nitrogen and oxygen atoms in total. The Morgan fingerprint density at radius 2 is 1.68 bits per heavy atom. The molecule has 0 aromatic carbocycles. The molecule has 3 heterocycles. The van der Waals surface area contributed by atoms with E-state index in [4.69, 9.17) is 36.2 Å². The molecule has 1 amide bonds. The molecule has 0 saturated carbocycles. The zero-order valence-corrected chi connectivity index (χ0v) is 37.3. The number of nitrogens with zero attached hydrogens (tertiary/aromatic N) is 2. The Bertz CT molecular complexity index is 2240. The SMILES string of the molecule is Nc1nc2c(c(C#CCCC(=O)CCSSCC(N)C(=O)CCCCCCC(=O)NC(CC(=O)O)C(=O)O)cn2C2CC(O)C(COP(=O)(O)OP(=O)(O)OP(=O)(O)O)O2)c(=O)[nH]1. The van der Waals surface area contributed by atoms with Crippen LogP contribution in [-0.2, 0) is 55.5 Å². The summed E-state index contributed by atoms with van der Waals surface area (Å²) in [6.07, 6.45) is -0.524. The lowest BCUT2D eigenvalue weighted by atomic mass is 10.1. The highest BCUT2D eigenvalue weighted by Crippen LogP contribution is 2.66. The maximum Gasteiger partial charge on any atom is 0.490 e. The van der Waals surface area contributed by atoms with Gasteiger partial charge in [-0.15, -0.1) is 0 Å². The van der Waals surface area contributed by atoms with Crippen LogP contribution in [0.3, 0.4) is 0 Å². The summed E-state index contributed by atoms with van der Waals surface area (Å²) in [6, 6.07) is -2.22. The fourth-order valence-corrected chi connectivity index (χ4v) is 10.9. The number of nitrogens with one attached hydrogen (secondary N) is 2. The number of ether oxygens (including phenoxy) is 1. The molecule has 352 valence electrons. The summed E-state index contributed by atoms with van der Waals surface area (Å²) in [7, 11) is -14.2. The maximum absolute atomic E-state index is 12.9. The number of unbranched alkanes of at least 4 members (excludes halogenated alkanes) is 3. The zero-order valence-electron chi connectivity index (χ0n) is 33.0. The van der Waals surface area contributed by atoms with E-state index in [1.165, 1.54) is 32.4 Å². The number of Topliss-reactive ketones (excluding diaryl/α,β-unsaturated/α-hetero) is 2. The first-order valence-corrected chi connectivity index (χ1v) is 25.7. The van der Waals surface area contributed by atoms with Crippen LogP contribution in [0.15, 0.2) is 11.0 Å². The van der Waals surface area contributed by atoms with Crippen LogP contribution in [0.25, 0.3) is 11.0 Å². The molecule has 0 radical (unpaired) electrons. The molecule has 13 N–H and O–H groups in total. The van der Waals surface area contributed by atoms with Gasteiger partial charge in [0.05, 0.1) is 36.1 Å². The molecule has 0 aliphatic carbocycles. The molecular formula is C32H47N6O20P3S2. The van der Waals surface area contributed by atoms with Gasteiger partial charge in [0.1, 0.15) is 29.9 Å². The first kappa shape index (κ1) is 53.9. The van der Waals surface area contributed by atoms with Crippen LogP contribution in [0.1, 0.15) is 82.4 Å². The van der Waals surface area contributed by atoms with Crippen molar-refractivity contribution in [2.24, 2.45) is 5.73 Å². The number of phosphoric ester groups is 1. The summed E-state index contributed by atoms with van der Waals surface area (Å²) in [5.74, 6) is 2.56. The number of carboxylic acids is 2. The molecule has 7 unspecified atom stereocenters. The Balaban J connectivity index is 1.40. The molecule has 1 saturated heterocycles. The average molecular weight is 993 g/mol. The molecule has 2 aromatic rings. The lowest BCUT2D eigenvalue weighted by Gasteiger charge is -2.19. The Hall–Kier alpha value is -3.48. The van der Waals surface area contributed by atoms with Crippen LogP contribution < -0.4 is 22.3 Å². The second kappa shape index (κ2) is 24.7. The number of anilines is 1. The third kappa shape index (κ3) is 19.3. The maximum atomic E-state index is 12.9. The van der Waals surface area contributed by atoms with E-state index < -0.39 is 90.4 Å². The Morgan fingerprint density at radius 3 is 2.33 bits per heavy atom. The summed E-state index contributed by atoms with van der Waals surface area (Å²) in [6.45, 7) is -0.932. The quantitative estimate of drug-likeness (QED) is 0.0246. The third-order valence-electron chi connectivity index (χ3n) is 8.58. The molecule has 1 fully saturated rings. The molecule has 3 rings (SSSR count). The molecular weight excluding hydrogens is 945 g/mol. The van der Waals surface area contributed by atoms with Crippen molar-refractivity contribution >= 4 is 91.4 Å². The minimum atomic E-state index is -5.78. The van der Waals surface area contributed by atoms with Gasteiger partial charge >= 0.3 is 35.4 Å². The van der Waals surface area contributed by atoms with E-state index in [1.54, 1.807) is 0 Å². The predicted molar refractivity (Wildman–Crippen MR) is 222 cm³/mol. The highest BCUT2D eigenvalue weighted by Gasteiger charge is 2.43. The van der Waals surface area contributed by atoms with Crippen LogP contribution in [0.4, 0.5) is 5.95 Å². The van der Waals surface area contributed by atoms with Crippen molar-refractivity contribution in [3.8, 4) is 11.8 Å². The summed E-state index contributed by atoms with van der Waals surface area (Å²) >= 11 is 0. The third-order valence-corrected chi connectivity index (χ3v) is 14.8. The van der Waals surface area contributed by atoms with Gasteiger partial charge in [0.15, 0.2) is 5.65 Å². The molecule has 1 aliphatic rings. The number of nitrogen functional groups attached to an aromatic ring is 1. The second-order valence-corrected chi connectivity index (χ2v) is 20.7. The standard InChI is InChI=1S/C32H47N6O20P3S2/c33-20(22(40)9-3-1-2-4-10-25(42)35-21(31(46)47)13-27(43)44)17-63-62-12-11-19(39)8-6-5-7-18-15-38(29-28(18)30(45)37-32(34)36-29)26-14-23(41)24(56-26)16-55-60(51,52)58-61(53,54)57-59(48,49)50/h15,20-21,23-24,26,41H,1-4,6,8-14,16-17,33H2,(H,35,42)(H,43,44)(H,46,47)(H,51,52)(H,53,54)(H2,48,49,50)(H3,34,36,37,45). The number of aliphatic carboxylic acids is 2. The number of amides is 1. The fraction of sp³-hybridized carbons (Fsp3) is 0.594. The van der Waals surface area contributed by atoms with Gasteiger partial charge in [-0.3, -0.25) is 33.5 Å². The van der Waals surface area contributed by atoms with Crippen molar-refractivity contribution in [3.63, 3.8) is 0 Å². The average Bonchev–Trinajstić information content (AvgIpc) is 3.71. The minimum Gasteiger partial charge on any atom is -0.481 e. The van der Waals surface area contributed by atoms with E-state index >= 15 is 0 Å². The van der Waals surface area contributed by atoms with E-state index in [9.17, 15) is 57.4 Å². The number of aromatic nitrogens is 3. The Labute approximate surface area is 365 Å². The lowest BCUT2D eigenvalue weighted by molar-refractivity contribution is -0.147. The number of hydrogen-bond donors (Lipinski definition) is 11. The van der Waals surface area contributed by atoms with E-state index in [0.717, 1.165) is 0 Å². The number of hydrogen-bond acceptors (Lipinski definition) is 19. The normalized spacial score (nSPS) is 19.3. The number of aliphatic hydroxyl groups is 1. The number of rotatable bonds is 28. The summed E-state index contributed by atoms with van der Waals surface area (Å²) in [5, 5.41) is 30.5. The summed E-state index contributed by atoms with van der Waals surface area (Å²) < 4.78 is 53.5. The highest BCUT2D eigenvalue weighted by molar-refractivity contribution is 8.76. The van der Waals surface area contributed by atoms with Gasteiger partial charge in [-0.2, -0.15) is 13.6 Å². The van der Waals surface area contributed by atoms with Crippen LogP contribution in [0.5, 0.6) is 0 Å². The number of carboxylic acid groups (broad SMARTS) is 2. The molecule has 63 heavy (non-hydrogen) atoms. The Kier molecular flexibility index (Phi) is 21.1. The number of ketones is 2. The number of H-pyrrole nitrogens is 1. The number of aromatic amines is 1. The van der Waals surface area contributed by atoms with Gasteiger partial charge in [-0.1, -0.05) is 46.3 Å². The first-order chi connectivity index (χ1) is 29.4. The van der Waals surface area contributed by atoms with Crippen LogP contribution >= 0.6 is 45.1 Å².